The van der Waals surface area contributed by atoms with Crippen molar-refractivity contribution in [1.29, 1.82) is 0 Å². The van der Waals surface area contributed by atoms with E-state index in [1.807, 2.05) is 19.9 Å². The van der Waals surface area contributed by atoms with E-state index in [4.69, 9.17) is 15.2 Å². The molecule has 0 aliphatic carbocycles. The molecule has 16 heavy (non-hydrogen) atoms. The molecule has 0 aliphatic rings. The average Bonchev–Trinajstić information content (AvgIpc) is 2.17. The molecule has 3 nitrogen and oxygen atoms in total. The van der Waals surface area contributed by atoms with Gasteiger partial charge in [-0.25, -0.2) is 0 Å². The summed E-state index contributed by atoms with van der Waals surface area (Å²) in [6, 6.07) is 2.11. The summed E-state index contributed by atoms with van der Waals surface area (Å²) >= 11 is 3.49. The Hall–Kier alpha value is -0.740. The molecule has 4 heteroatoms. The lowest BCUT2D eigenvalue weighted by Gasteiger charge is -2.17. The lowest BCUT2D eigenvalue weighted by atomic mass is 10.0. The first-order chi connectivity index (χ1) is 7.51. The molecule has 0 saturated heterocycles. The van der Waals surface area contributed by atoms with E-state index in [-0.39, 0.29) is 6.04 Å². The third-order valence-electron chi connectivity index (χ3n) is 2.44. The summed E-state index contributed by atoms with van der Waals surface area (Å²) in [6.07, 6.45) is 0.784. The largest absolute Gasteiger partial charge is 0.496 e. The Balaban J connectivity index is 3.29. The summed E-state index contributed by atoms with van der Waals surface area (Å²) in [5.41, 5.74) is 7.91. The zero-order valence-corrected chi connectivity index (χ0v) is 11.7. The highest BCUT2D eigenvalue weighted by Gasteiger charge is 2.15. The van der Waals surface area contributed by atoms with Gasteiger partial charge in [0.1, 0.15) is 11.5 Å². The van der Waals surface area contributed by atoms with Gasteiger partial charge in [0.05, 0.1) is 18.7 Å². The molecule has 1 aromatic carbocycles. The van der Waals surface area contributed by atoms with E-state index in [9.17, 15) is 0 Å². The first kappa shape index (κ1) is 13.3. The SMILES string of the molecule is COc1c(Br)cc(CC(C)N)c(OC)c1C. The standard InChI is InChI=1S/C12H18BrNO2/c1-7(14)5-9-6-10(13)12(16-4)8(2)11(9)15-3/h6-7H,5,14H2,1-4H3. The fourth-order valence-corrected chi connectivity index (χ4v) is 2.58. The molecule has 1 unspecified atom stereocenters. The molecule has 0 aromatic heterocycles. The second-order valence-corrected chi connectivity index (χ2v) is 4.74. The van der Waals surface area contributed by atoms with Crippen molar-refractivity contribution in [3.8, 4) is 11.5 Å². The van der Waals surface area contributed by atoms with Crippen molar-refractivity contribution in [2.75, 3.05) is 14.2 Å². The number of ether oxygens (including phenoxy) is 2. The minimum absolute atomic E-state index is 0.105. The molecule has 0 amide bonds. The van der Waals surface area contributed by atoms with Crippen molar-refractivity contribution in [3.05, 3.63) is 21.7 Å². The van der Waals surface area contributed by atoms with Crippen LogP contribution in [0.15, 0.2) is 10.5 Å². The Labute approximate surface area is 105 Å². The van der Waals surface area contributed by atoms with Gasteiger partial charge in [-0.2, -0.15) is 0 Å². The van der Waals surface area contributed by atoms with Crippen LogP contribution in [0.3, 0.4) is 0 Å². The van der Waals surface area contributed by atoms with Gasteiger partial charge in [0, 0.05) is 11.6 Å². The molecular weight excluding hydrogens is 270 g/mol. The maximum Gasteiger partial charge on any atom is 0.139 e. The fraction of sp³-hybridized carbons (Fsp3) is 0.500. The highest BCUT2D eigenvalue weighted by molar-refractivity contribution is 9.10. The summed E-state index contributed by atoms with van der Waals surface area (Å²) in [7, 11) is 3.32. The molecule has 0 spiro atoms. The minimum atomic E-state index is 0.105. The van der Waals surface area contributed by atoms with E-state index in [0.717, 1.165) is 33.5 Å². The van der Waals surface area contributed by atoms with Crippen LogP contribution in [0, 0.1) is 6.92 Å². The van der Waals surface area contributed by atoms with Gasteiger partial charge < -0.3 is 15.2 Å². The zero-order valence-electron chi connectivity index (χ0n) is 10.1. The molecule has 2 N–H and O–H groups in total. The minimum Gasteiger partial charge on any atom is -0.496 e. The molecule has 0 saturated carbocycles. The van der Waals surface area contributed by atoms with Crippen LogP contribution in [0.2, 0.25) is 0 Å². The number of methoxy groups -OCH3 is 2. The monoisotopic (exact) mass is 287 g/mol. The molecule has 1 rings (SSSR count). The van der Waals surface area contributed by atoms with Crippen LogP contribution in [0.4, 0.5) is 0 Å². The van der Waals surface area contributed by atoms with Gasteiger partial charge in [-0.15, -0.1) is 0 Å². The zero-order chi connectivity index (χ0) is 12.3. The number of halogens is 1. The quantitative estimate of drug-likeness (QED) is 0.926. The average molecular weight is 288 g/mol. The van der Waals surface area contributed by atoms with Gasteiger partial charge in [-0.05, 0) is 47.8 Å². The number of rotatable bonds is 4. The molecule has 90 valence electrons. The van der Waals surface area contributed by atoms with E-state index in [2.05, 4.69) is 15.9 Å². The Morgan fingerprint density at radius 2 is 1.88 bits per heavy atom. The number of hydrogen-bond donors (Lipinski definition) is 1. The van der Waals surface area contributed by atoms with Crippen molar-refractivity contribution in [2.45, 2.75) is 26.3 Å². The van der Waals surface area contributed by atoms with Crippen LogP contribution in [0.1, 0.15) is 18.1 Å². The van der Waals surface area contributed by atoms with Gasteiger partial charge in [-0.3, -0.25) is 0 Å². The molecular formula is C12H18BrNO2. The Morgan fingerprint density at radius 1 is 1.31 bits per heavy atom. The maximum absolute atomic E-state index is 5.82. The van der Waals surface area contributed by atoms with Crippen molar-refractivity contribution in [2.24, 2.45) is 5.73 Å². The third-order valence-corrected chi connectivity index (χ3v) is 3.03. The Morgan fingerprint density at radius 3 is 2.31 bits per heavy atom. The van der Waals surface area contributed by atoms with E-state index < -0.39 is 0 Å². The first-order valence-corrected chi connectivity index (χ1v) is 5.96. The molecule has 0 fully saturated rings. The summed E-state index contributed by atoms with van der Waals surface area (Å²) < 4.78 is 11.7. The van der Waals surface area contributed by atoms with Crippen LogP contribution in [-0.2, 0) is 6.42 Å². The lowest BCUT2D eigenvalue weighted by molar-refractivity contribution is 0.383. The molecule has 0 heterocycles. The van der Waals surface area contributed by atoms with E-state index in [1.54, 1.807) is 14.2 Å². The van der Waals surface area contributed by atoms with Gasteiger partial charge in [0.15, 0.2) is 0 Å². The summed E-state index contributed by atoms with van der Waals surface area (Å²) in [4.78, 5) is 0. The highest BCUT2D eigenvalue weighted by atomic mass is 79.9. The molecule has 0 bridgehead atoms. The number of benzene rings is 1. The Kier molecular flexibility index (Phi) is 4.62. The van der Waals surface area contributed by atoms with Gasteiger partial charge in [0.25, 0.3) is 0 Å². The smallest absolute Gasteiger partial charge is 0.139 e. The van der Waals surface area contributed by atoms with Gasteiger partial charge in [-0.1, -0.05) is 0 Å². The summed E-state index contributed by atoms with van der Waals surface area (Å²) in [5, 5.41) is 0. The van der Waals surface area contributed by atoms with Crippen molar-refractivity contribution < 1.29 is 9.47 Å². The van der Waals surface area contributed by atoms with Crippen LogP contribution in [0.25, 0.3) is 0 Å². The summed E-state index contributed by atoms with van der Waals surface area (Å²) in [5.74, 6) is 1.67. The highest BCUT2D eigenvalue weighted by Crippen LogP contribution is 2.38. The van der Waals surface area contributed by atoms with Crippen LogP contribution < -0.4 is 15.2 Å². The maximum atomic E-state index is 5.82. The molecule has 0 radical (unpaired) electrons. The van der Waals surface area contributed by atoms with E-state index in [0.29, 0.717) is 0 Å². The first-order valence-electron chi connectivity index (χ1n) is 5.16. The predicted octanol–water partition coefficient (Wildman–Crippen LogP) is 2.66. The van der Waals surface area contributed by atoms with Crippen LogP contribution in [-0.4, -0.2) is 20.3 Å². The van der Waals surface area contributed by atoms with Gasteiger partial charge in [0.2, 0.25) is 0 Å². The molecule has 1 aromatic rings. The van der Waals surface area contributed by atoms with Crippen molar-refractivity contribution in [3.63, 3.8) is 0 Å². The van der Waals surface area contributed by atoms with Gasteiger partial charge >= 0.3 is 0 Å². The van der Waals surface area contributed by atoms with Crippen molar-refractivity contribution in [1.82, 2.24) is 0 Å². The fourth-order valence-electron chi connectivity index (χ4n) is 1.84. The lowest BCUT2D eigenvalue weighted by Crippen LogP contribution is -2.18. The Bertz CT molecular complexity index is 378. The van der Waals surface area contributed by atoms with Crippen LogP contribution in [0.5, 0.6) is 11.5 Å². The van der Waals surface area contributed by atoms with E-state index >= 15 is 0 Å². The number of nitrogens with two attached hydrogens (primary N) is 1. The normalized spacial score (nSPS) is 12.4. The van der Waals surface area contributed by atoms with Crippen molar-refractivity contribution >= 4 is 15.9 Å². The molecule has 0 aliphatic heterocycles. The summed E-state index contributed by atoms with van der Waals surface area (Å²) in [6.45, 7) is 3.96. The third kappa shape index (κ3) is 2.68. The second-order valence-electron chi connectivity index (χ2n) is 3.89. The topological polar surface area (TPSA) is 44.5 Å². The van der Waals surface area contributed by atoms with Crippen LogP contribution >= 0.6 is 15.9 Å². The predicted molar refractivity (Wildman–Crippen MR) is 69.3 cm³/mol. The van der Waals surface area contributed by atoms with E-state index in [1.165, 1.54) is 0 Å². The second kappa shape index (κ2) is 5.55. The number of hydrogen-bond acceptors (Lipinski definition) is 3. The molecule has 1 atom stereocenters.